The highest BCUT2D eigenvalue weighted by Gasteiger charge is 2.13. The summed E-state index contributed by atoms with van der Waals surface area (Å²) in [4.78, 5) is 13.2. The molecule has 1 rings (SSSR count). The predicted molar refractivity (Wildman–Crippen MR) is 70.4 cm³/mol. The third-order valence-corrected chi connectivity index (χ3v) is 2.87. The fourth-order valence-corrected chi connectivity index (χ4v) is 1.93. The Bertz CT molecular complexity index is 463. The molecule has 4 nitrogen and oxygen atoms in total. The summed E-state index contributed by atoms with van der Waals surface area (Å²) in [6, 6.07) is 7.83. The highest BCUT2D eigenvalue weighted by atomic mass is 16.5. The molecule has 0 unspecified atom stereocenters. The van der Waals surface area contributed by atoms with Gasteiger partial charge in [0.2, 0.25) is 0 Å². The lowest BCUT2D eigenvalue weighted by Gasteiger charge is -2.25. The fraction of sp³-hybridized carbons (Fsp3) is 0.429. The van der Waals surface area contributed by atoms with Crippen LogP contribution in [0.3, 0.4) is 0 Å². The summed E-state index contributed by atoms with van der Waals surface area (Å²) >= 11 is 0. The molecule has 0 aliphatic heterocycles. The van der Waals surface area contributed by atoms with E-state index in [9.17, 15) is 4.79 Å². The number of nitrogens with zero attached hydrogens (tertiary/aromatic N) is 2. The number of hydrogen-bond donors (Lipinski definition) is 0. The number of ether oxygens (including phenoxy) is 1. The standard InChI is InChI=1S/C14H18N2O2/c1-4-16(9-8-13(17)18-3)14-11(2)6-5-7-12(14)10-15/h5-7H,4,8-9H2,1-3H3. The highest BCUT2D eigenvalue weighted by Crippen LogP contribution is 2.24. The normalized spacial score (nSPS) is 9.67. The van der Waals surface area contributed by atoms with Crippen molar-refractivity contribution >= 4 is 11.7 Å². The van der Waals surface area contributed by atoms with Gasteiger partial charge < -0.3 is 9.64 Å². The molecule has 0 saturated heterocycles. The van der Waals surface area contributed by atoms with Crippen LogP contribution in [0.5, 0.6) is 0 Å². The van der Waals surface area contributed by atoms with Gasteiger partial charge in [-0.15, -0.1) is 0 Å². The van der Waals surface area contributed by atoms with Gasteiger partial charge in [-0.2, -0.15) is 5.26 Å². The van der Waals surface area contributed by atoms with Crippen molar-refractivity contribution in [2.45, 2.75) is 20.3 Å². The summed E-state index contributed by atoms with van der Waals surface area (Å²) in [5, 5.41) is 9.14. The average molecular weight is 246 g/mol. The lowest BCUT2D eigenvalue weighted by atomic mass is 10.1. The fourth-order valence-electron chi connectivity index (χ4n) is 1.93. The van der Waals surface area contributed by atoms with Crippen LogP contribution < -0.4 is 4.90 Å². The number of hydrogen-bond acceptors (Lipinski definition) is 4. The van der Waals surface area contributed by atoms with Gasteiger partial charge in [0.1, 0.15) is 6.07 Å². The molecule has 0 radical (unpaired) electrons. The van der Waals surface area contributed by atoms with E-state index < -0.39 is 0 Å². The van der Waals surface area contributed by atoms with Gasteiger partial charge in [0.25, 0.3) is 0 Å². The smallest absolute Gasteiger partial charge is 0.307 e. The first-order valence-corrected chi connectivity index (χ1v) is 5.95. The molecule has 0 bridgehead atoms. The Morgan fingerprint density at radius 1 is 1.50 bits per heavy atom. The average Bonchev–Trinajstić information content (AvgIpc) is 2.40. The van der Waals surface area contributed by atoms with Crippen LogP contribution in [0.2, 0.25) is 0 Å². The van der Waals surface area contributed by atoms with Crippen LogP contribution in [0.15, 0.2) is 18.2 Å². The number of carbonyl (C=O) groups is 1. The van der Waals surface area contributed by atoms with Crippen LogP contribution in [-0.4, -0.2) is 26.2 Å². The molecule has 0 aromatic heterocycles. The van der Waals surface area contributed by atoms with Crippen LogP contribution in [-0.2, 0) is 9.53 Å². The van der Waals surface area contributed by atoms with Crippen molar-refractivity contribution in [2.75, 3.05) is 25.1 Å². The van der Waals surface area contributed by atoms with E-state index in [1.54, 1.807) is 6.07 Å². The third kappa shape index (κ3) is 3.24. The van der Waals surface area contributed by atoms with E-state index in [1.807, 2.05) is 30.9 Å². The van der Waals surface area contributed by atoms with Crippen LogP contribution >= 0.6 is 0 Å². The van der Waals surface area contributed by atoms with Crippen LogP contribution in [0, 0.1) is 18.3 Å². The largest absolute Gasteiger partial charge is 0.469 e. The maximum Gasteiger partial charge on any atom is 0.307 e. The monoisotopic (exact) mass is 246 g/mol. The third-order valence-electron chi connectivity index (χ3n) is 2.87. The summed E-state index contributed by atoms with van der Waals surface area (Å²) in [6.07, 6.45) is 0.323. The Labute approximate surface area is 108 Å². The minimum absolute atomic E-state index is 0.236. The number of rotatable bonds is 5. The summed E-state index contributed by atoms with van der Waals surface area (Å²) in [5.41, 5.74) is 2.59. The van der Waals surface area contributed by atoms with Crippen molar-refractivity contribution in [2.24, 2.45) is 0 Å². The molecule has 0 fully saturated rings. The van der Waals surface area contributed by atoms with Crippen molar-refractivity contribution in [1.82, 2.24) is 0 Å². The Morgan fingerprint density at radius 3 is 2.78 bits per heavy atom. The first-order valence-electron chi connectivity index (χ1n) is 5.95. The zero-order valence-electron chi connectivity index (χ0n) is 11.1. The Morgan fingerprint density at radius 2 is 2.22 bits per heavy atom. The molecule has 1 aromatic carbocycles. The minimum Gasteiger partial charge on any atom is -0.469 e. The number of carbonyl (C=O) groups excluding carboxylic acids is 1. The molecule has 0 aliphatic rings. The van der Waals surface area contributed by atoms with Gasteiger partial charge in [-0.3, -0.25) is 4.79 Å². The number of benzene rings is 1. The van der Waals surface area contributed by atoms with Crippen LogP contribution in [0.25, 0.3) is 0 Å². The SMILES string of the molecule is CCN(CCC(=O)OC)c1c(C)cccc1C#N. The number of nitriles is 1. The van der Waals surface area contributed by atoms with E-state index in [2.05, 4.69) is 10.8 Å². The zero-order valence-corrected chi connectivity index (χ0v) is 11.1. The number of esters is 1. The molecule has 18 heavy (non-hydrogen) atoms. The van der Waals surface area contributed by atoms with E-state index >= 15 is 0 Å². The summed E-state index contributed by atoms with van der Waals surface area (Å²) < 4.78 is 4.64. The van der Waals surface area contributed by atoms with E-state index in [0.717, 1.165) is 17.8 Å². The Kier molecular flexibility index (Phi) is 5.19. The van der Waals surface area contributed by atoms with Gasteiger partial charge in [0, 0.05) is 13.1 Å². The van der Waals surface area contributed by atoms with E-state index in [4.69, 9.17) is 5.26 Å². The Hall–Kier alpha value is -2.02. The van der Waals surface area contributed by atoms with Gasteiger partial charge in [0.15, 0.2) is 0 Å². The molecule has 0 atom stereocenters. The topological polar surface area (TPSA) is 53.3 Å². The summed E-state index contributed by atoms with van der Waals surface area (Å²) in [7, 11) is 1.38. The molecule has 0 spiro atoms. The number of aryl methyl sites for hydroxylation is 1. The van der Waals surface area contributed by atoms with Crippen molar-refractivity contribution in [3.63, 3.8) is 0 Å². The molecular weight excluding hydrogens is 228 g/mol. The highest BCUT2D eigenvalue weighted by molar-refractivity contribution is 5.71. The first kappa shape index (κ1) is 14.0. The molecule has 96 valence electrons. The van der Waals surface area contributed by atoms with Crippen LogP contribution in [0.1, 0.15) is 24.5 Å². The number of anilines is 1. The van der Waals surface area contributed by atoms with E-state index in [1.165, 1.54) is 7.11 Å². The minimum atomic E-state index is -0.236. The number of methoxy groups -OCH3 is 1. The molecule has 0 amide bonds. The molecule has 0 heterocycles. The number of para-hydroxylation sites is 1. The van der Waals surface area contributed by atoms with Crippen molar-refractivity contribution in [3.8, 4) is 6.07 Å². The maximum absolute atomic E-state index is 11.2. The van der Waals surface area contributed by atoms with E-state index in [-0.39, 0.29) is 5.97 Å². The van der Waals surface area contributed by atoms with Gasteiger partial charge >= 0.3 is 5.97 Å². The quantitative estimate of drug-likeness (QED) is 0.748. The van der Waals surface area contributed by atoms with Gasteiger partial charge in [0.05, 0.1) is 24.8 Å². The lowest BCUT2D eigenvalue weighted by molar-refractivity contribution is -0.140. The lowest BCUT2D eigenvalue weighted by Crippen LogP contribution is -2.27. The first-order chi connectivity index (χ1) is 8.63. The predicted octanol–water partition coefficient (Wildman–Crippen LogP) is 2.26. The second kappa shape index (κ2) is 6.65. The van der Waals surface area contributed by atoms with Crippen molar-refractivity contribution in [3.05, 3.63) is 29.3 Å². The molecule has 0 N–H and O–H groups in total. The van der Waals surface area contributed by atoms with E-state index in [0.29, 0.717) is 18.5 Å². The maximum atomic E-state index is 11.2. The molecule has 0 aliphatic carbocycles. The van der Waals surface area contributed by atoms with Crippen molar-refractivity contribution < 1.29 is 9.53 Å². The summed E-state index contributed by atoms with van der Waals surface area (Å²) in [6.45, 7) is 5.28. The Balaban J connectivity index is 2.95. The molecule has 0 saturated carbocycles. The molecule has 4 heteroatoms. The van der Waals surface area contributed by atoms with Gasteiger partial charge in [-0.05, 0) is 25.5 Å². The van der Waals surface area contributed by atoms with Gasteiger partial charge in [-0.25, -0.2) is 0 Å². The second-order valence-electron chi connectivity index (χ2n) is 3.99. The van der Waals surface area contributed by atoms with Crippen molar-refractivity contribution in [1.29, 1.82) is 5.26 Å². The molecular formula is C14H18N2O2. The zero-order chi connectivity index (χ0) is 13.5. The summed E-state index contributed by atoms with van der Waals surface area (Å²) in [5.74, 6) is -0.236. The van der Waals surface area contributed by atoms with Crippen LogP contribution in [0.4, 0.5) is 5.69 Å². The second-order valence-corrected chi connectivity index (χ2v) is 3.99. The molecule has 1 aromatic rings. The van der Waals surface area contributed by atoms with Gasteiger partial charge in [-0.1, -0.05) is 12.1 Å².